The maximum absolute atomic E-state index is 13.0. The Balaban J connectivity index is 2.04. The molecule has 3 heteroatoms. The van der Waals surface area contributed by atoms with Gasteiger partial charge in [0, 0.05) is 18.2 Å². The van der Waals surface area contributed by atoms with Crippen molar-refractivity contribution in [2.24, 2.45) is 5.92 Å². The van der Waals surface area contributed by atoms with Gasteiger partial charge in [0.15, 0.2) is 11.6 Å². The van der Waals surface area contributed by atoms with Gasteiger partial charge in [-0.3, -0.25) is 9.59 Å². The predicted molar refractivity (Wildman–Crippen MR) is 93.6 cm³/mol. The quantitative estimate of drug-likeness (QED) is 0.623. The fourth-order valence-corrected chi connectivity index (χ4v) is 3.06. The van der Waals surface area contributed by atoms with Gasteiger partial charge >= 0.3 is 0 Å². The van der Waals surface area contributed by atoms with E-state index in [0.29, 0.717) is 22.3 Å². The highest BCUT2D eigenvalue weighted by Gasteiger charge is 2.41. The van der Waals surface area contributed by atoms with Crippen molar-refractivity contribution in [1.82, 2.24) is 0 Å². The summed E-state index contributed by atoms with van der Waals surface area (Å²) in [6, 6.07) is 18.2. The second-order valence-corrected chi connectivity index (χ2v) is 5.71. The van der Waals surface area contributed by atoms with Crippen LogP contribution in [0.4, 0.5) is 0 Å². The zero-order valence-corrected chi connectivity index (χ0v) is 13.5. The number of carbonyl (C=O) groups is 2. The van der Waals surface area contributed by atoms with Gasteiger partial charge in [0.05, 0.1) is 6.61 Å². The molecule has 0 aromatic heterocycles. The fraction of sp³-hybridized carbons (Fsp3) is 0.143. The van der Waals surface area contributed by atoms with Gasteiger partial charge in [0.2, 0.25) is 0 Å². The van der Waals surface area contributed by atoms with Crippen LogP contribution in [0.25, 0.3) is 5.57 Å². The zero-order valence-electron chi connectivity index (χ0n) is 13.5. The van der Waals surface area contributed by atoms with Gasteiger partial charge in [0.1, 0.15) is 5.92 Å². The molecule has 3 nitrogen and oxygen atoms in total. The molecule has 0 fully saturated rings. The van der Waals surface area contributed by atoms with E-state index in [1.54, 1.807) is 31.4 Å². The summed E-state index contributed by atoms with van der Waals surface area (Å²) < 4.78 is 5.25. The summed E-state index contributed by atoms with van der Waals surface area (Å²) in [6.07, 6.45) is 0. The third kappa shape index (κ3) is 2.74. The number of rotatable bonds is 5. The molecule has 0 saturated heterocycles. The largest absolute Gasteiger partial charge is 0.380 e. The van der Waals surface area contributed by atoms with Gasteiger partial charge in [-0.15, -0.1) is 0 Å². The highest BCUT2D eigenvalue weighted by Crippen LogP contribution is 2.39. The number of hydrogen-bond acceptors (Lipinski definition) is 3. The maximum atomic E-state index is 13.0. The normalized spacial score (nSPS) is 17.5. The Labute approximate surface area is 141 Å². The van der Waals surface area contributed by atoms with E-state index in [4.69, 9.17) is 4.74 Å². The summed E-state index contributed by atoms with van der Waals surface area (Å²) in [6.45, 7) is 4.29. The van der Waals surface area contributed by atoms with E-state index >= 15 is 0 Å². The van der Waals surface area contributed by atoms with Crippen LogP contribution in [0.5, 0.6) is 0 Å². The Morgan fingerprint density at radius 1 is 1.04 bits per heavy atom. The minimum absolute atomic E-state index is 0.202. The van der Waals surface area contributed by atoms with E-state index < -0.39 is 5.92 Å². The molecule has 2 aromatic rings. The molecule has 1 atom stereocenters. The molecule has 120 valence electrons. The third-order valence-corrected chi connectivity index (χ3v) is 4.22. The first-order valence-electron chi connectivity index (χ1n) is 7.75. The summed E-state index contributed by atoms with van der Waals surface area (Å²) in [4.78, 5) is 25.9. The first-order valence-corrected chi connectivity index (χ1v) is 7.75. The van der Waals surface area contributed by atoms with Crippen LogP contribution >= 0.6 is 0 Å². The van der Waals surface area contributed by atoms with Crippen molar-refractivity contribution in [1.29, 1.82) is 0 Å². The van der Waals surface area contributed by atoms with Crippen molar-refractivity contribution >= 4 is 17.1 Å². The number of methoxy groups -OCH3 is 1. The molecular formula is C21H18O3. The molecule has 2 aromatic carbocycles. The Morgan fingerprint density at radius 2 is 1.62 bits per heavy atom. The molecular weight excluding hydrogens is 300 g/mol. The van der Waals surface area contributed by atoms with Crippen molar-refractivity contribution in [2.45, 2.75) is 0 Å². The van der Waals surface area contributed by atoms with Crippen LogP contribution in [-0.2, 0) is 9.53 Å². The van der Waals surface area contributed by atoms with E-state index in [2.05, 4.69) is 6.58 Å². The molecule has 0 saturated carbocycles. The molecule has 3 rings (SSSR count). The molecule has 0 amide bonds. The molecule has 1 aliphatic carbocycles. The zero-order chi connectivity index (χ0) is 17.1. The molecule has 0 radical (unpaired) electrons. The topological polar surface area (TPSA) is 43.4 Å². The van der Waals surface area contributed by atoms with Gasteiger partial charge < -0.3 is 4.74 Å². The van der Waals surface area contributed by atoms with Gasteiger partial charge in [-0.05, 0) is 16.7 Å². The molecule has 0 aliphatic heterocycles. The monoisotopic (exact) mass is 318 g/mol. The van der Waals surface area contributed by atoms with Crippen LogP contribution in [0.1, 0.15) is 15.9 Å². The number of carbonyl (C=O) groups excluding carboxylic acids is 2. The van der Waals surface area contributed by atoms with Crippen molar-refractivity contribution in [3.63, 3.8) is 0 Å². The van der Waals surface area contributed by atoms with Crippen molar-refractivity contribution in [2.75, 3.05) is 13.7 Å². The first kappa shape index (κ1) is 16.1. The average molecular weight is 318 g/mol. The minimum Gasteiger partial charge on any atom is -0.380 e. The van der Waals surface area contributed by atoms with Crippen LogP contribution < -0.4 is 0 Å². The molecule has 24 heavy (non-hydrogen) atoms. The second kappa shape index (κ2) is 6.77. The van der Waals surface area contributed by atoms with Crippen LogP contribution in [0, 0.1) is 5.92 Å². The molecule has 0 bridgehead atoms. The standard InChI is InChI=1S/C21H18O3/c1-14-17(13-24-2)19(15-9-5-3-6-10-15)21(23)18(14)20(22)16-11-7-4-8-12-16/h3-12,18H,1,13H2,2H3. The number of benzene rings is 2. The number of ether oxygens (including phenoxy) is 1. The van der Waals surface area contributed by atoms with Gasteiger partial charge in [0.25, 0.3) is 0 Å². The van der Waals surface area contributed by atoms with E-state index in [0.717, 1.165) is 5.56 Å². The van der Waals surface area contributed by atoms with Crippen molar-refractivity contribution in [3.8, 4) is 0 Å². The van der Waals surface area contributed by atoms with Crippen LogP contribution in [-0.4, -0.2) is 25.3 Å². The predicted octanol–water partition coefficient (Wildman–Crippen LogP) is 3.72. The second-order valence-electron chi connectivity index (χ2n) is 5.71. The minimum atomic E-state index is -0.868. The van der Waals surface area contributed by atoms with Gasteiger partial charge in [-0.1, -0.05) is 67.2 Å². The molecule has 0 heterocycles. The highest BCUT2D eigenvalue weighted by atomic mass is 16.5. The summed E-state index contributed by atoms with van der Waals surface area (Å²) in [5.74, 6) is -1.29. The summed E-state index contributed by atoms with van der Waals surface area (Å²) in [5.41, 5.74) is 3.09. The van der Waals surface area contributed by atoms with Crippen LogP contribution in [0.3, 0.4) is 0 Å². The lowest BCUT2D eigenvalue weighted by molar-refractivity contribution is -0.114. The van der Waals surface area contributed by atoms with Crippen molar-refractivity contribution in [3.05, 3.63) is 89.5 Å². The third-order valence-electron chi connectivity index (χ3n) is 4.22. The van der Waals surface area contributed by atoms with Crippen molar-refractivity contribution < 1.29 is 14.3 Å². The van der Waals surface area contributed by atoms with Crippen LogP contribution in [0.2, 0.25) is 0 Å². The Kier molecular flexibility index (Phi) is 4.54. The van der Waals surface area contributed by atoms with Gasteiger partial charge in [-0.2, -0.15) is 0 Å². The van der Waals surface area contributed by atoms with E-state index in [9.17, 15) is 9.59 Å². The summed E-state index contributed by atoms with van der Waals surface area (Å²) >= 11 is 0. The highest BCUT2D eigenvalue weighted by molar-refractivity contribution is 6.35. The Hall–Kier alpha value is -2.78. The lowest BCUT2D eigenvalue weighted by Crippen LogP contribution is -2.22. The van der Waals surface area contributed by atoms with Gasteiger partial charge in [-0.25, -0.2) is 0 Å². The smallest absolute Gasteiger partial charge is 0.179 e. The Morgan fingerprint density at radius 3 is 2.21 bits per heavy atom. The number of Topliss-reactive ketones (excluding diaryl/α,β-unsaturated/α-hetero) is 2. The lowest BCUT2D eigenvalue weighted by atomic mass is 9.89. The average Bonchev–Trinajstić information content (AvgIpc) is 2.86. The van der Waals surface area contributed by atoms with E-state index in [1.165, 1.54) is 0 Å². The molecule has 1 unspecified atom stereocenters. The first-order chi connectivity index (χ1) is 11.6. The van der Waals surface area contributed by atoms with E-state index in [-0.39, 0.29) is 18.2 Å². The maximum Gasteiger partial charge on any atom is 0.179 e. The molecule has 0 N–H and O–H groups in total. The fourth-order valence-electron chi connectivity index (χ4n) is 3.06. The SMILES string of the molecule is C=C1C(COC)=C(c2ccccc2)C(=O)C1C(=O)c1ccccc1. The molecule has 1 aliphatic rings. The van der Waals surface area contributed by atoms with E-state index in [1.807, 2.05) is 36.4 Å². The molecule has 0 spiro atoms. The summed E-state index contributed by atoms with van der Waals surface area (Å²) in [5, 5.41) is 0. The Bertz CT molecular complexity index is 817. The number of allylic oxidation sites excluding steroid dienone is 1. The lowest BCUT2D eigenvalue weighted by Gasteiger charge is -2.11. The summed E-state index contributed by atoms with van der Waals surface area (Å²) in [7, 11) is 1.57. The number of hydrogen-bond donors (Lipinski definition) is 0. The van der Waals surface area contributed by atoms with Crippen LogP contribution in [0.15, 0.2) is 78.4 Å². The number of ketones is 2.